The van der Waals surface area contributed by atoms with E-state index < -0.39 is 0 Å². The Morgan fingerprint density at radius 1 is 1.54 bits per heavy atom. The molecule has 0 amide bonds. The van der Waals surface area contributed by atoms with Crippen LogP contribution in [0.1, 0.15) is 24.6 Å². The van der Waals surface area contributed by atoms with Crippen molar-refractivity contribution >= 4 is 5.57 Å². The monoisotopic (exact) mass is 173 g/mol. The van der Waals surface area contributed by atoms with Crippen LogP contribution in [0.15, 0.2) is 37.1 Å². The maximum absolute atomic E-state index is 4.26. The molecular formula is C12H15N. The van der Waals surface area contributed by atoms with Gasteiger partial charge < -0.3 is 0 Å². The summed E-state index contributed by atoms with van der Waals surface area (Å²) in [6, 6.07) is 4.13. The summed E-state index contributed by atoms with van der Waals surface area (Å²) in [5.41, 5.74) is 3.52. The van der Waals surface area contributed by atoms with Gasteiger partial charge in [0.1, 0.15) is 0 Å². The van der Waals surface area contributed by atoms with Gasteiger partial charge in [-0.05, 0) is 37.5 Å². The molecule has 1 heterocycles. The van der Waals surface area contributed by atoms with Crippen LogP contribution in [0.25, 0.3) is 5.57 Å². The van der Waals surface area contributed by atoms with E-state index in [4.69, 9.17) is 0 Å². The maximum Gasteiger partial charge on any atom is 0.0373 e. The van der Waals surface area contributed by atoms with Gasteiger partial charge in [-0.3, -0.25) is 4.98 Å². The highest BCUT2D eigenvalue weighted by atomic mass is 14.7. The third kappa shape index (κ3) is 2.55. The predicted molar refractivity (Wildman–Crippen MR) is 57.4 cm³/mol. The van der Waals surface area contributed by atoms with E-state index in [1.54, 1.807) is 0 Å². The van der Waals surface area contributed by atoms with Crippen molar-refractivity contribution in [3.8, 4) is 0 Å². The van der Waals surface area contributed by atoms with E-state index >= 15 is 0 Å². The largest absolute Gasteiger partial charge is 0.261 e. The molecule has 0 unspecified atom stereocenters. The molecule has 0 fully saturated rings. The molecule has 0 radical (unpaired) electrons. The first-order valence-corrected chi connectivity index (χ1v) is 4.47. The number of pyridine rings is 1. The van der Waals surface area contributed by atoms with Crippen LogP contribution in [0.5, 0.6) is 0 Å². The zero-order chi connectivity index (χ0) is 9.68. The van der Waals surface area contributed by atoms with Crippen molar-refractivity contribution in [2.45, 2.75) is 20.3 Å². The molecule has 0 saturated heterocycles. The van der Waals surface area contributed by atoms with Crippen LogP contribution in [-0.4, -0.2) is 4.98 Å². The van der Waals surface area contributed by atoms with E-state index in [0.29, 0.717) is 0 Å². The predicted octanol–water partition coefficient (Wildman–Crippen LogP) is 3.37. The number of allylic oxidation sites excluding steroid dienone is 3. The summed E-state index contributed by atoms with van der Waals surface area (Å²) in [6.45, 7) is 7.76. The molecule has 0 atom stereocenters. The molecule has 0 aliphatic carbocycles. The molecule has 0 aromatic carbocycles. The number of nitrogens with zero attached hydrogens (tertiary/aromatic N) is 1. The standard InChI is InChI=1S/C12H15N/c1-4-6-11(5-2)12-8-7-10(3)13-9-12/h4-5,7-9H,1,6H2,2-3H3/b11-5+. The summed E-state index contributed by atoms with van der Waals surface area (Å²) < 4.78 is 0. The Kier molecular flexibility index (Phi) is 3.44. The van der Waals surface area contributed by atoms with Gasteiger partial charge in [-0.1, -0.05) is 18.2 Å². The minimum atomic E-state index is 0.904. The van der Waals surface area contributed by atoms with Crippen molar-refractivity contribution in [2.75, 3.05) is 0 Å². The van der Waals surface area contributed by atoms with Crippen LogP contribution >= 0.6 is 0 Å². The van der Waals surface area contributed by atoms with E-state index in [0.717, 1.165) is 12.1 Å². The fraction of sp³-hybridized carbons (Fsp3) is 0.250. The van der Waals surface area contributed by atoms with Gasteiger partial charge in [-0.15, -0.1) is 6.58 Å². The summed E-state index contributed by atoms with van der Waals surface area (Å²) in [5.74, 6) is 0. The summed E-state index contributed by atoms with van der Waals surface area (Å²) in [4.78, 5) is 4.26. The molecule has 0 saturated carbocycles. The molecule has 13 heavy (non-hydrogen) atoms. The molecule has 0 aliphatic rings. The van der Waals surface area contributed by atoms with Crippen LogP contribution in [-0.2, 0) is 0 Å². The fourth-order valence-corrected chi connectivity index (χ4v) is 1.22. The molecule has 0 aliphatic heterocycles. The Balaban J connectivity index is 2.92. The summed E-state index contributed by atoms with van der Waals surface area (Å²) >= 11 is 0. The first kappa shape index (κ1) is 9.72. The van der Waals surface area contributed by atoms with Crippen LogP contribution in [0.2, 0.25) is 0 Å². The zero-order valence-corrected chi connectivity index (χ0v) is 8.25. The second-order valence-corrected chi connectivity index (χ2v) is 2.99. The van der Waals surface area contributed by atoms with Crippen LogP contribution in [0.4, 0.5) is 0 Å². The average Bonchev–Trinajstić information content (AvgIpc) is 2.16. The minimum Gasteiger partial charge on any atom is -0.261 e. The lowest BCUT2D eigenvalue weighted by molar-refractivity contribution is 1.18. The van der Waals surface area contributed by atoms with Gasteiger partial charge in [-0.2, -0.15) is 0 Å². The van der Waals surface area contributed by atoms with Gasteiger partial charge in [0.2, 0.25) is 0 Å². The summed E-state index contributed by atoms with van der Waals surface area (Å²) in [6.07, 6.45) is 6.83. The Morgan fingerprint density at radius 3 is 2.77 bits per heavy atom. The van der Waals surface area contributed by atoms with Gasteiger partial charge in [0.05, 0.1) is 0 Å². The minimum absolute atomic E-state index is 0.904. The highest BCUT2D eigenvalue weighted by molar-refractivity contribution is 5.65. The Hall–Kier alpha value is -1.37. The van der Waals surface area contributed by atoms with Gasteiger partial charge >= 0.3 is 0 Å². The molecule has 1 aromatic rings. The van der Waals surface area contributed by atoms with E-state index in [-0.39, 0.29) is 0 Å². The highest BCUT2D eigenvalue weighted by Crippen LogP contribution is 2.17. The van der Waals surface area contributed by atoms with Gasteiger partial charge in [0.25, 0.3) is 0 Å². The molecule has 0 bridgehead atoms. The molecule has 0 N–H and O–H groups in total. The second-order valence-electron chi connectivity index (χ2n) is 2.99. The molecule has 68 valence electrons. The lowest BCUT2D eigenvalue weighted by atomic mass is 10.0. The normalized spacial score (nSPS) is 11.4. The quantitative estimate of drug-likeness (QED) is 0.638. The lowest BCUT2D eigenvalue weighted by Gasteiger charge is -2.03. The van der Waals surface area contributed by atoms with Crippen LogP contribution in [0.3, 0.4) is 0 Å². The van der Waals surface area contributed by atoms with Crippen molar-refractivity contribution in [1.82, 2.24) is 4.98 Å². The smallest absolute Gasteiger partial charge is 0.0373 e. The average molecular weight is 173 g/mol. The van der Waals surface area contributed by atoms with Crippen LogP contribution < -0.4 is 0 Å². The Morgan fingerprint density at radius 2 is 2.31 bits per heavy atom. The van der Waals surface area contributed by atoms with Gasteiger partial charge in [0, 0.05) is 11.9 Å². The summed E-state index contributed by atoms with van der Waals surface area (Å²) in [5, 5.41) is 0. The van der Waals surface area contributed by atoms with Crippen molar-refractivity contribution < 1.29 is 0 Å². The highest BCUT2D eigenvalue weighted by Gasteiger charge is 1.97. The van der Waals surface area contributed by atoms with Gasteiger partial charge in [-0.25, -0.2) is 0 Å². The fourth-order valence-electron chi connectivity index (χ4n) is 1.22. The third-order valence-corrected chi connectivity index (χ3v) is 1.99. The molecule has 0 spiro atoms. The molecule has 1 rings (SSSR count). The van der Waals surface area contributed by atoms with Crippen molar-refractivity contribution in [3.05, 3.63) is 48.3 Å². The topological polar surface area (TPSA) is 12.9 Å². The van der Waals surface area contributed by atoms with Crippen molar-refractivity contribution in [3.63, 3.8) is 0 Å². The first-order valence-electron chi connectivity index (χ1n) is 4.47. The number of rotatable bonds is 3. The van der Waals surface area contributed by atoms with E-state index in [2.05, 4.69) is 23.7 Å². The number of hydrogen-bond acceptors (Lipinski definition) is 1. The van der Waals surface area contributed by atoms with E-state index in [1.165, 1.54) is 11.1 Å². The number of aromatic nitrogens is 1. The second kappa shape index (κ2) is 4.61. The van der Waals surface area contributed by atoms with Crippen molar-refractivity contribution in [1.29, 1.82) is 0 Å². The van der Waals surface area contributed by atoms with E-state index in [1.807, 2.05) is 32.2 Å². The third-order valence-electron chi connectivity index (χ3n) is 1.99. The number of aryl methyl sites for hydroxylation is 1. The SMILES string of the molecule is C=CC/C(=C\C)c1ccc(C)nc1. The molecular weight excluding hydrogens is 158 g/mol. The Bertz CT molecular complexity index is 306. The van der Waals surface area contributed by atoms with Gasteiger partial charge in [0.15, 0.2) is 0 Å². The Labute approximate surface area is 79.8 Å². The molecule has 1 heteroatoms. The number of hydrogen-bond donors (Lipinski definition) is 0. The first-order chi connectivity index (χ1) is 6.27. The molecule has 1 aromatic heterocycles. The zero-order valence-electron chi connectivity index (χ0n) is 8.25. The van der Waals surface area contributed by atoms with Crippen LogP contribution in [0, 0.1) is 6.92 Å². The van der Waals surface area contributed by atoms with Crippen molar-refractivity contribution in [2.24, 2.45) is 0 Å². The lowest BCUT2D eigenvalue weighted by Crippen LogP contribution is -1.86. The summed E-state index contributed by atoms with van der Waals surface area (Å²) in [7, 11) is 0. The molecule has 1 nitrogen and oxygen atoms in total. The maximum atomic E-state index is 4.26. The van der Waals surface area contributed by atoms with E-state index in [9.17, 15) is 0 Å².